The van der Waals surface area contributed by atoms with Crippen LogP contribution in [0.1, 0.15) is 12.6 Å². The van der Waals surface area contributed by atoms with Gasteiger partial charge in [0.25, 0.3) is 0 Å². The SMILES string of the molecule is Nc1ccn([C@@H]2O[C@H](CO)CC2Sc2ccccc2)c(=O)n1. The van der Waals surface area contributed by atoms with Gasteiger partial charge in [0.2, 0.25) is 0 Å². The van der Waals surface area contributed by atoms with E-state index in [1.54, 1.807) is 24.0 Å². The lowest BCUT2D eigenvalue weighted by atomic mass is 10.2. The van der Waals surface area contributed by atoms with Crippen LogP contribution >= 0.6 is 11.8 Å². The summed E-state index contributed by atoms with van der Waals surface area (Å²) in [6, 6.07) is 11.5. The first-order valence-corrected chi connectivity index (χ1v) is 7.88. The van der Waals surface area contributed by atoms with Crippen LogP contribution < -0.4 is 11.4 Å². The molecule has 1 aliphatic heterocycles. The third-order valence-corrected chi connectivity index (χ3v) is 4.78. The van der Waals surface area contributed by atoms with Gasteiger partial charge in [-0.3, -0.25) is 4.57 Å². The molecule has 0 aliphatic carbocycles. The second kappa shape index (κ2) is 6.51. The van der Waals surface area contributed by atoms with Gasteiger partial charge in [-0.05, 0) is 24.6 Å². The normalized spacial score (nSPS) is 24.5. The second-order valence-corrected chi connectivity index (χ2v) is 6.39. The maximum atomic E-state index is 12.0. The number of nitrogens with two attached hydrogens (primary N) is 1. The molecule has 7 heteroatoms. The van der Waals surface area contributed by atoms with Crippen molar-refractivity contribution in [1.29, 1.82) is 0 Å². The van der Waals surface area contributed by atoms with Gasteiger partial charge in [0.05, 0.1) is 18.0 Å². The molecule has 3 atom stereocenters. The van der Waals surface area contributed by atoms with Gasteiger partial charge in [-0.2, -0.15) is 4.98 Å². The molecule has 22 heavy (non-hydrogen) atoms. The highest BCUT2D eigenvalue weighted by atomic mass is 32.2. The van der Waals surface area contributed by atoms with Crippen LogP contribution in [-0.4, -0.2) is 32.6 Å². The highest BCUT2D eigenvalue weighted by Gasteiger charge is 2.37. The Morgan fingerprint density at radius 2 is 2.14 bits per heavy atom. The van der Waals surface area contributed by atoms with Gasteiger partial charge in [0.1, 0.15) is 5.82 Å². The van der Waals surface area contributed by atoms with Crippen LogP contribution in [0.2, 0.25) is 0 Å². The second-order valence-electron chi connectivity index (χ2n) is 5.08. The highest BCUT2D eigenvalue weighted by Crippen LogP contribution is 2.40. The Hall–Kier alpha value is -1.83. The van der Waals surface area contributed by atoms with Gasteiger partial charge >= 0.3 is 5.69 Å². The van der Waals surface area contributed by atoms with Crippen LogP contribution in [0, 0.1) is 0 Å². The van der Waals surface area contributed by atoms with Crippen molar-refractivity contribution in [2.45, 2.75) is 28.9 Å². The van der Waals surface area contributed by atoms with Gasteiger partial charge in [-0.25, -0.2) is 4.79 Å². The van der Waals surface area contributed by atoms with Crippen LogP contribution in [-0.2, 0) is 4.74 Å². The first kappa shape index (κ1) is 15.1. The zero-order chi connectivity index (χ0) is 15.5. The van der Waals surface area contributed by atoms with Crippen LogP contribution in [0.3, 0.4) is 0 Å². The van der Waals surface area contributed by atoms with Crippen LogP contribution in [0.15, 0.2) is 52.3 Å². The van der Waals surface area contributed by atoms with Crippen molar-refractivity contribution in [2.75, 3.05) is 12.3 Å². The summed E-state index contributed by atoms with van der Waals surface area (Å²) in [7, 11) is 0. The molecule has 2 heterocycles. The average Bonchev–Trinajstić information content (AvgIpc) is 2.91. The summed E-state index contributed by atoms with van der Waals surface area (Å²) in [6.07, 6.45) is 1.50. The number of aromatic nitrogens is 2. The Bertz CT molecular complexity index is 692. The minimum Gasteiger partial charge on any atom is -0.394 e. The third kappa shape index (κ3) is 3.16. The van der Waals surface area contributed by atoms with Gasteiger partial charge in [-0.15, -0.1) is 11.8 Å². The predicted octanol–water partition coefficient (Wildman–Crippen LogP) is 1.27. The fourth-order valence-corrected chi connectivity index (χ4v) is 3.76. The van der Waals surface area contributed by atoms with Crippen molar-refractivity contribution < 1.29 is 9.84 Å². The topological polar surface area (TPSA) is 90.4 Å². The number of aliphatic hydroxyl groups is 1. The Morgan fingerprint density at radius 3 is 2.82 bits per heavy atom. The van der Waals surface area contributed by atoms with E-state index in [0.29, 0.717) is 6.42 Å². The molecule has 1 unspecified atom stereocenters. The van der Waals surface area contributed by atoms with Gasteiger partial charge in [0.15, 0.2) is 6.23 Å². The van der Waals surface area contributed by atoms with E-state index in [1.165, 1.54) is 4.57 Å². The lowest BCUT2D eigenvalue weighted by Crippen LogP contribution is -2.31. The number of hydrogen-bond acceptors (Lipinski definition) is 6. The van der Waals surface area contributed by atoms with Crippen LogP contribution in [0.5, 0.6) is 0 Å². The minimum atomic E-state index is -0.469. The average molecular weight is 319 g/mol. The maximum Gasteiger partial charge on any atom is 0.351 e. The van der Waals surface area contributed by atoms with Crippen molar-refractivity contribution in [2.24, 2.45) is 0 Å². The molecular weight excluding hydrogens is 302 g/mol. The lowest BCUT2D eigenvalue weighted by molar-refractivity contribution is -0.0233. The number of hydrogen-bond donors (Lipinski definition) is 2. The van der Waals surface area contributed by atoms with E-state index in [0.717, 1.165) is 4.90 Å². The van der Waals surface area contributed by atoms with E-state index >= 15 is 0 Å². The van der Waals surface area contributed by atoms with E-state index in [9.17, 15) is 9.90 Å². The molecule has 0 radical (unpaired) electrons. The summed E-state index contributed by atoms with van der Waals surface area (Å²) < 4.78 is 7.25. The third-order valence-electron chi connectivity index (χ3n) is 3.51. The molecule has 0 spiro atoms. The number of ether oxygens (including phenoxy) is 1. The Kier molecular flexibility index (Phi) is 4.47. The summed E-state index contributed by atoms with van der Waals surface area (Å²) in [6.45, 7) is -0.0699. The van der Waals surface area contributed by atoms with Crippen molar-refractivity contribution in [3.8, 4) is 0 Å². The highest BCUT2D eigenvalue weighted by molar-refractivity contribution is 8.00. The quantitative estimate of drug-likeness (QED) is 0.882. The fourth-order valence-electron chi connectivity index (χ4n) is 2.48. The summed E-state index contributed by atoms with van der Waals surface area (Å²) in [4.78, 5) is 16.9. The van der Waals surface area contributed by atoms with E-state index in [1.807, 2.05) is 30.3 Å². The lowest BCUT2D eigenvalue weighted by Gasteiger charge is -2.20. The Morgan fingerprint density at radius 1 is 1.36 bits per heavy atom. The molecule has 6 nitrogen and oxygen atoms in total. The van der Waals surface area contributed by atoms with Gasteiger partial charge in [-0.1, -0.05) is 18.2 Å². The Balaban J connectivity index is 1.88. The number of benzene rings is 1. The zero-order valence-electron chi connectivity index (χ0n) is 11.8. The molecule has 3 rings (SSSR count). The number of nitrogens with zero attached hydrogens (tertiary/aromatic N) is 2. The van der Waals surface area contributed by atoms with E-state index in [2.05, 4.69) is 4.98 Å². The molecule has 116 valence electrons. The largest absolute Gasteiger partial charge is 0.394 e. The fraction of sp³-hybridized carbons (Fsp3) is 0.333. The maximum absolute atomic E-state index is 12.0. The zero-order valence-corrected chi connectivity index (χ0v) is 12.6. The van der Waals surface area contributed by atoms with E-state index in [4.69, 9.17) is 10.5 Å². The van der Waals surface area contributed by atoms with E-state index < -0.39 is 11.9 Å². The van der Waals surface area contributed by atoms with E-state index in [-0.39, 0.29) is 23.8 Å². The molecule has 1 saturated heterocycles. The first-order valence-electron chi connectivity index (χ1n) is 7.00. The van der Waals surface area contributed by atoms with Crippen molar-refractivity contribution >= 4 is 17.6 Å². The summed E-state index contributed by atoms with van der Waals surface area (Å²) in [5.41, 5.74) is 5.09. The van der Waals surface area contributed by atoms with Gasteiger partial charge < -0.3 is 15.6 Å². The number of aliphatic hydroxyl groups excluding tert-OH is 1. The molecular formula is C15H17N3O3S. The summed E-state index contributed by atoms with van der Waals surface area (Å²) in [5.74, 6) is 0.185. The molecule has 0 bridgehead atoms. The van der Waals surface area contributed by atoms with Gasteiger partial charge in [0, 0.05) is 11.1 Å². The molecule has 1 aromatic carbocycles. The molecule has 1 aromatic heterocycles. The Labute approximate surface area is 131 Å². The molecule has 1 fully saturated rings. The number of nitrogen functional groups attached to an aromatic ring is 1. The molecule has 0 saturated carbocycles. The van der Waals surface area contributed by atoms with Crippen LogP contribution in [0.25, 0.3) is 0 Å². The molecule has 1 aliphatic rings. The number of anilines is 1. The minimum absolute atomic E-state index is 0.0164. The first-order chi connectivity index (χ1) is 10.7. The summed E-state index contributed by atoms with van der Waals surface area (Å²) in [5, 5.41) is 9.39. The molecule has 0 amide bonds. The smallest absolute Gasteiger partial charge is 0.351 e. The number of rotatable bonds is 4. The molecule has 3 N–H and O–H groups in total. The van der Waals surface area contributed by atoms with Crippen molar-refractivity contribution in [3.05, 3.63) is 53.1 Å². The predicted molar refractivity (Wildman–Crippen MR) is 84.6 cm³/mol. The summed E-state index contributed by atoms with van der Waals surface area (Å²) >= 11 is 1.63. The monoisotopic (exact) mass is 319 g/mol. The number of thioether (sulfide) groups is 1. The standard InChI is InChI=1S/C15H17N3O3S/c16-13-6-7-18(15(20)17-13)14-12(8-10(9-19)21-14)22-11-4-2-1-3-5-11/h1-7,10,12,14,19H,8-9H2,(H2,16,17,20)/t10-,12?,14+/m0/s1. The van der Waals surface area contributed by atoms with Crippen molar-refractivity contribution in [3.63, 3.8) is 0 Å². The van der Waals surface area contributed by atoms with Crippen LogP contribution in [0.4, 0.5) is 5.82 Å². The molecule has 2 aromatic rings. The van der Waals surface area contributed by atoms with Crippen molar-refractivity contribution in [1.82, 2.24) is 9.55 Å².